The highest BCUT2D eigenvalue weighted by molar-refractivity contribution is 5.80. The minimum Gasteiger partial charge on any atom is -0.394 e. The SMILES string of the molecule is CCCCCCCCCCCCCCCCCCC[C@@H](O)C(=O)N[C@@H](CO)[C@H](O)[C@H](O)CCCCCCCCCCCC(C)C. The van der Waals surface area contributed by atoms with Gasteiger partial charge in [0.2, 0.25) is 5.91 Å². The van der Waals surface area contributed by atoms with E-state index in [4.69, 9.17) is 0 Å². The third-order valence-electron chi connectivity index (χ3n) is 9.50. The Morgan fingerprint density at radius 3 is 1.20 bits per heavy atom. The highest BCUT2D eigenvalue weighted by Crippen LogP contribution is 2.17. The van der Waals surface area contributed by atoms with Gasteiger partial charge in [0.15, 0.2) is 0 Å². The Bertz CT molecular complexity index is 616. The van der Waals surface area contributed by atoms with Gasteiger partial charge in [-0.25, -0.2) is 0 Å². The number of aliphatic hydroxyl groups excluding tert-OH is 4. The third-order valence-corrected chi connectivity index (χ3v) is 9.50. The van der Waals surface area contributed by atoms with Gasteiger partial charge in [0.05, 0.1) is 18.8 Å². The van der Waals surface area contributed by atoms with Crippen LogP contribution in [0.25, 0.3) is 0 Å². The monoisotopic (exact) mass is 642 g/mol. The minimum atomic E-state index is -1.25. The van der Waals surface area contributed by atoms with Crippen molar-refractivity contribution in [1.29, 1.82) is 0 Å². The first-order chi connectivity index (χ1) is 21.8. The molecular weight excluding hydrogens is 562 g/mol. The summed E-state index contributed by atoms with van der Waals surface area (Å²) in [6.07, 6.45) is 31.3. The molecule has 0 aromatic rings. The van der Waals surface area contributed by atoms with E-state index in [1.165, 1.54) is 135 Å². The fraction of sp³-hybridized carbons (Fsp3) is 0.974. The Balaban J connectivity index is 3.75. The van der Waals surface area contributed by atoms with E-state index in [1.54, 1.807) is 0 Å². The fourth-order valence-electron chi connectivity index (χ4n) is 6.29. The van der Waals surface area contributed by atoms with Crippen LogP contribution in [-0.4, -0.2) is 57.3 Å². The summed E-state index contributed by atoms with van der Waals surface area (Å²) < 4.78 is 0. The molecule has 0 aliphatic heterocycles. The molecule has 0 aliphatic rings. The quantitative estimate of drug-likeness (QED) is 0.0443. The molecule has 0 saturated carbocycles. The van der Waals surface area contributed by atoms with Crippen LogP contribution < -0.4 is 5.32 Å². The van der Waals surface area contributed by atoms with Crippen LogP contribution in [0.2, 0.25) is 0 Å². The maximum atomic E-state index is 12.5. The Kier molecular flexibility index (Phi) is 32.7. The predicted molar refractivity (Wildman–Crippen MR) is 191 cm³/mol. The molecule has 0 rings (SSSR count). The summed E-state index contributed by atoms with van der Waals surface area (Å²) in [5, 5.41) is 43.5. The van der Waals surface area contributed by atoms with Crippen LogP contribution in [0, 0.1) is 5.92 Å². The normalized spacial score (nSPS) is 14.5. The van der Waals surface area contributed by atoms with Crippen LogP contribution in [-0.2, 0) is 4.79 Å². The van der Waals surface area contributed by atoms with Crippen molar-refractivity contribution in [1.82, 2.24) is 5.32 Å². The fourth-order valence-corrected chi connectivity index (χ4v) is 6.29. The van der Waals surface area contributed by atoms with Gasteiger partial charge in [-0.3, -0.25) is 4.79 Å². The van der Waals surface area contributed by atoms with Crippen LogP contribution >= 0.6 is 0 Å². The number of amides is 1. The Labute approximate surface area is 279 Å². The number of carbonyl (C=O) groups excluding carboxylic acids is 1. The first kappa shape index (κ1) is 44.3. The summed E-state index contributed by atoms with van der Waals surface area (Å²) in [5.74, 6) is 0.221. The molecule has 0 unspecified atom stereocenters. The van der Waals surface area contributed by atoms with Crippen molar-refractivity contribution in [2.24, 2.45) is 5.92 Å². The van der Waals surface area contributed by atoms with Gasteiger partial charge >= 0.3 is 0 Å². The Morgan fingerprint density at radius 2 is 0.844 bits per heavy atom. The molecule has 0 aromatic carbocycles. The minimum absolute atomic E-state index is 0.374. The van der Waals surface area contributed by atoms with E-state index in [0.29, 0.717) is 12.8 Å². The van der Waals surface area contributed by atoms with Crippen LogP contribution in [0.15, 0.2) is 0 Å². The van der Waals surface area contributed by atoms with Crippen LogP contribution in [0.5, 0.6) is 0 Å². The van der Waals surface area contributed by atoms with Crippen molar-refractivity contribution in [3.63, 3.8) is 0 Å². The van der Waals surface area contributed by atoms with E-state index in [1.807, 2.05) is 0 Å². The smallest absolute Gasteiger partial charge is 0.249 e. The standard InChI is InChI=1S/C39H79NO5/c1-4-5-6-7-8-9-10-11-12-13-14-15-16-19-23-26-29-32-37(43)39(45)40-35(33-41)38(44)36(42)31-28-25-22-20-17-18-21-24-27-30-34(2)3/h34-38,41-44H,4-33H2,1-3H3,(H,40,45)/t35-,36+,37+,38-/m0/s1. The second-order valence-corrected chi connectivity index (χ2v) is 14.5. The van der Waals surface area contributed by atoms with Gasteiger partial charge in [-0.1, -0.05) is 194 Å². The summed E-state index contributed by atoms with van der Waals surface area (Å²) in [6.45, 7) is 6.35. The third kappa shape index (κ3) is 29.2. The zero-order valence-corrected chi connectivity index (χ0v) is 30.3. The number of nitrogens with one attached hydrogen (secondary N) is 1. The van der Waals surface area contributed by atoms with E-state index in [0.717, 1.165) is 44.4 Å². The molecule has 0 aliphatic carbocycles. The molecule has 6 nitrogen and oxygen atoms in total. The molecule has 1 amide bonds. The number of hydrogen-bond donors (Lipinski definition) is 5. The van der Waals surface area contributed by atoms with E-state index in [-0.39, 0.29) is 0 Å². The molecular formula is C39H79NO5. The lowest BCUT2D eigenvalue weighted by atomic mass is 9.99. The highest BCUT2D eigenvalue weighted by Gasteiger charge is 2.28. The van der Waals surface area contributed by atoms with Gasteiger partial charge in [-0.05, 0) is 18.8 Å². The molecule has 0 saturated heterocycles. The Morgan fingerprint density at radius 1 is 0.511 bits per heavy atom. The predicted octanol–water partition coefficient (Wildman–Crippen LogP) is 9.54. The molecule has 0 spiro atoms. The lowest BCUT2D eigenvalue weighted by molar-refractivity contribution is -0.132. The molecule has 0 radical (unpaired) electrons. The number of rotatable bonds is 35. The number of unbranched alkanes of at least 4 members (excludes halogenated alkanes) is 24. The van der Waals surface area contributed by atoms with Gasteiger partial charge < -0.3 is 25.7 Å². The first-order valence-corrected chi connectivity index (χ1v) is 19.8. The molecule has 0 fully saturated rings. The molecule has 270 valence electrons. The number of carbonyl (C=O) groups is 1. The second kappa shape index (κ2) is 33.2. The molecule has 4 atom stereocenters. The molecule has 5 N–H and O–H groups in total. The average Bonchev–Trinajstić information content (AvgIpc) is 3.03. The van der Waals surface area contributed by atoms with Crippen LogP contribution in [0.1, 0.15) is 207 Å². The summed E-state index contributed by atoms with van der Waals surface area (Å²) in [5.41, 5.74) is 0. The number of hydrogen-bond acceptors (Lipinski definition) is 5. The summed E-state index contributed by atoms with van der Waals surface area (Å²) in [7, 11) is 0. The van der Waals surface area contributed by atoms with Crippen molar-refractivity contribution >= 4 is 5.91 Å². The maximum absolute atomic E-state index is 12.5. The van der Waals surface area contributed by atoms with Gasteiger partial charge in [0, 0.05) is 0 Å². The molecule has 6 heteroatoms. The van der Waals surface area contributed by atoms with Crippen molar-refractivity contribution in [2.45, 2.75) is 231 Å². The molecule has 0 heterocycles. The van der Waals surface area contributed by atoms with E-state index >= 15 is 0 Å². The first-order valence-electron chi connectivity index (χ1n) is 19.8. The average molecular weight is 642 g/mol. The number of aliphatic hydroxyl groups is 4. The zero-order valence-electron chi connectivity index (χ0n) is 30.3. The molecule has 0 aromatic heterocycles. The van der Waals surface area contributed by atoms with Crippen molar-refractivity contribution in [3.8, 4) is 0 Å². The summed E-state index contributed by atoms with van der Waals surface area (Å²) in [4.78, 5) is 12.5. The molecule has 0 bridgehead atoms. The summed E-state index contributed by atoms with van der Waals surface area (Å²) in [6, 6.07) is -0.978. The van der Waals surface area contributed by atoms with Crippen LogP contribution in [0.3, 0.4) is 0 Å². The molecule has 45 heavy (non-hydrogen) atoms. The largest absolute Gasteiger partial charge is 0.394 e. The summed E-state index contributed by atoms with van der Waals surface area (Å²) >= 11 is 0. The van der Waals surface area contributed by atoms with Gasteiger partial charge in [-0.2, -0.15) is 0 Å². The van der Waals surface area contributed by atoms with Crippen molar-refractivity contribution in [2.75, 3.05) is 6.61 Å². The maximum Gasteiger partial charge on any atom is 0.249 e. The lowest BCUT2D eigenvalue weighted by Gasteiger charge is -2.27. The Hall–Kier alpha value is -0.690. The van der Waals surface area contributed by atoms with Gasteiger partial charge in [0.25, 0.3) is 0 Å². The highest BCUT2D eigenvalue weighted by atomic mass is 16.3. The van der Waals surface area contributed by atoms with Crippen LogP contribution in [0.4, 0.5) is 0 Å². The van der Waals surface area contributed by atoms with Crippen molar-refractivity contribution < 1.29 is 25.2 Å². The van der Waals surface area contributed by atoms with Gasteiger partial charge in [-0.15, -0.1) is 0 Å². The van der Waals surface area contributed by atoms with E-state index in [2.05, 4.69) is 26.1 Å². The lowest BCUT2D eigenvalue weighted by Crippen LogP contribution is -2.53. The topological polar surface area (TPSA) is 110 Å². The van der Waals surface area contributed by atoms with Gasteiger partial charge in [0.1, 0.15) is 12.2 Å². The second-order valence-electron chi connectivity index (χ2n) is 14.5. The zero-order chi connectivity index (χ0) is 33.4. The van der Waals surface area contributed by atoms with E-state index < -0.39 is 36.9 Å². The van der Waals surface area contributed by atoms with E-state index in [9.17, 15) is 25.2 Å². The van der Waals surface area contributed by atoms with Crippen molar-refractivity contribution in [3.05, 3.63) is 0 Å².